The minimum absolute atomic E-state index is 0.226. The molecule has 4 N–H and O–H groups in total. The topological polar surface area (TPSA) is 117 Å². The van der Waals surface area contributed by atoms with E-state index < -0.39 is 22.1 Å². The lowest BCUT2D eigenvalue weighted by molar-refractivity contribution is -0.140. The maximum atomic E-state index is 13.0. The smallest absolute Gasteiger partial charge is 0.299 e. The highest BCUT2D eigenvalue weighted by atomic mass is 32.2. The summed E-state index contributed by atoms with van der Waals surface area (Å²) in [6, 6.07) is 12.2. The predicted molar refractivity (Wildman–Crippen MR) is 93.8 cm³/mol. The molecule has 0 amide bonds. The fraction of sp³-hybridized carbons (Fsp3) is 0.125. The number of hydrogen-bond acceptors (Lipinski definition) is 4. The van der Waals surface area contributed by atoms with Gasteiger partial charge >= 0.3 is 6.18 Å². The number of pyridine rings is 1. The van der Waals surface area contributed by atoms with Gasteiger partial charge in [0.15, 0.2) is 5.69 Å². The second-order valence-electron chi connectivity index (χ2n) is 5.38. The van der Waals surface area contributed by atoms with Crippen LogP contribution in [0, 0.1) is 6.92 Å². The van der Waals surface area contributed by atoms with Gasteiger partial charge in [0.2, 0.25) is 0 Å². The third-order valence-corrected chi connectivity index (χ3v) is 3.28. The minimum atomic E-state index is -4.50. The Morgan fingerprint density at radius 3 is 2.15 bits per heavy atom. The highest BCUT2D eigenvalue weighted by molar-refractivity contribution is 7.86. The van der Waals surface area contributed by atoms with Crippen LogP contribution in [0.2, 0.25) is 0 Å². The number of para-hydroxylation sites is 1. The van der Waals surface area contributed by atoms with Gasteiger partial charge in [0.1, 0.15) is 5.82 Å². The van der Waals surface area contributed by atoms with Crippen LogP contribution < -0.4 is 10.3 Å². The van der Waals surface area contributed by atoms with E-state index in [1.165, 1.54) is 4.57 Å². The van der Waals surface area contributed by atoms with Gasteiger partial charge < -0.3 is 0 Å². The summed E-state index contributed by atoms with van der Waals surface area (Å²) in [4.78, 5) is 7.91. The zero-order valence-electron chi connectivity index (χ0n) is 14.1. The molecule has 11 heteroatoms. The summed E-state index contributed by atoms with van der Waals surface area (Å²) in [6.07, 6.45) is -1.89. The third-order valence-electron chi connectivity index (χ3n) is 3.28. The maximum absolute atomic E-state index is 13.0. The molecule has 0 spiro atoms. The van der Waals surface area contributed by atoms with Gasteiger partial charge in [-0.25, -0.2) is 15.3 Å². The fourth-order valence-corrected chi connectivity index (χ4v) is 2.21. The lowest BCUT2D eigenvalue weighted by Gasteiger charge is -2.08. The summed E-state index contributed by atoms with van der Waals surface area (Å²) in [5, 5.41) is 8.21. The van der Waals surface area contributed by atoms with Crippen molar-refractivity contribution in [1.29, 1.82) is 0 Å². The van der Waals surface area contributed by atoms with Crippen LogP contribution >= 0.6 is 0 Å². The van der Waals surface area contributed by atoms with Gasteiger partial charge in [0.25, 0.3) is 10.2 Å². The molecule has 0 unspecified atom stereocenters. The predicted octanol–water partition coefficient (Wildman–Crippen LogP) is 2.41. The highest BCUT2D eigenvalue weighted by Gasteiger charge is 2.35. The van der Waals surface area contributed by atoms with Crippen molar-refractivity contribution in [3.63, 3.8) is 0 Å². The molecule has 0 atom stereocenters. The average molecular weight is 399 g/mol. The first kappa shape index (κ1) is 20.6. The van der Waals surface area contributed by atoms with Gasteiger partial charge in [0.05, 0.1) is 0 Å². The lowest BCUT2D eigenvalue weighted by Crippen LogP contribution is -2.21. The summed E-state index contributed by atoms with van der Waals surface area (Å²) in [5.74, 6) is 0.226. The zero-order valence-corrected chi connectivity index (χ0v) is 14.9. The number of imidazole rings is 1. The van der Waals surface area contributed by atoms with Crippen molar-refractivity contribution in [2.24, 2.45) is 10.3 Å². The first-order chi connectivity index (χ1) is 12.5. The Balaban J connectivity index is 0.000000465. The number of halogens is 3. The second kappa shape index (κ2) is 7.86. The molecule has 0 saturated carbocycles. The van der Waals surface area contributed by atoms with E-state index in [9.17, 15) is 21.6 Å². The number of nitrogens with zero attached hydrogens (tertiary/aromatic N) is 3. The highest BCUT2D eigenvalue weighted by Crippen LogP contribution is 2.33. The van der Waals surface area contributed by atoms with Crippen LogP contribution in [0.15, 0.2) is 54.9 Å². The van der Waals surface area contributed by atoms with Gasteiger partial charge in [0, 0.05) is 29.3 Å². The molecule has 0 radical (unpaired) electrons. The number of benzene rings is 1. The van der Waals surface area contributed by atoms with Crippen molar-refractivity contribution in [1.82, 2.24) is 14.5 Å². The Hall–Kier alpha value is -2.76. The van der Waals surface area contributed by atoms with Gasteiger partial charge in [-0.15, -0.1) is 0 Å². The monoisotopic (exact) mass is 399 g/mol. The average Bonchev–Trinajstić information content (AvgIpc) is 3.00. The van der Waals surface area contributed by atoms with Gasteiger partial charge in [-0.3, -0.25) is 9.55 Å². The van der Waals surface area contributed by atoms with Gasteiger partial charge in [-0.2, -0.15) is 21.6 Å². The first-order valence-corrected chi connectivity index (χ1v) is 9.02. The maximum Gasteiger partial charge on any atom is 0.434 e. The van der Waals surface area contributed by atoms with Crippen LogP contribution in [0.3, 0.4) is 0 Å². The number of aromatic nitrogens is 3. The van der Waals surface area contributed by atoms with E-state index in [0.717, 1.165) is 6.20 Å². The van der Waals surface area contributed by atoms with E-state index in [-0.39, 0.29) is 5.82 Å². The molecule has 2 aromatic heterocycles. The van der Waals surface area contributed by atoms with Crippen molar-refractivity contribution < 1.29 is 21.6 Å². The molecular weight excluding hydrogens is 383 g/mol. The minimum Gasteiger partial charge on any atom is -0.299 e. The first-order valence-electron chi connectivity index (χ1n) is 7.41. The molecule has 0 bridgehead atoms. The Morgan fingerprint density at radius 2 is 1.63 bits per heavy atom. The summed E-state index contributed by atoms with van der Waals surface area (Å²) in [6.45, 7) is 1.74. The number of rotatable bonds is 2. The van der Waals surface area contributed by atoms with Crippen molar-refractivity contribution >= 4 is 10.2 Å². The Bertz CT molecular complexity index is 1010. The lowest BCUT2D eigenvalue weighted by atomic mass is 10.2. The summed E-state index contributed by atoms with van der Waals surface area (Å²) in [7, 11) is -3.67. The summed E-state index contributed by atoms with van der Waals surface area (Å²) < 4.78 is 58.9. The van der Waals surface area contributed by atoms with Crippen LogP contribution in [-0.4, -0.2) is 23.0 Å². The molecule has 3 rings (SSSR count). The third kappa shape index (κ3) is 5.88. The van der Waals surface area contributed by atoms with E-state index in [2.05, 4.69) is 20.2 Å². The van der Waals surface area contributed by atoms with Crippen molar-refractivity contribution in [2.45, 2.75) is 13.1 Å². The van der Waals surface area contributed by atoms with Crippen molar-refractivity contribution in [3.05, 3.63) is 66.2 Å². The fourth-order valence-electron chi connectivity index (χ4n) is 2.21. The van der Waals surface area contributed by atoms with E-state index in [1.807, 2.05) is 0 Å². The molecule has 0 saturated heterocycles. The number of hydrogen-bond donors (Lipinski definition) is 2. The largest absolute Gasteiger partial charge is 0.434 e. The Morgan fingerprint density at radius 1 is 1.04 bits per heavy atom. The van der Waals surface area contributed by atoms with Crippen molar-refractivity contribution in [2.75, 3.05) is 0 Å². The molecular formula is C16H16F3N5O2S. The number of aryl methyl sites for hydroxylation is 1. The Labute approximate surface area is 153 Å². The molecule has 7 nitrogen and oxygen atoms in total. The molecule has 2 heterocycles. The van der Waals surface area contributed by atoms with Crippen LogP contribution in [0.4, 0.5) is 13.2 Å². The second-order valence-corrected chi connectivity index (χ2v) is 6.56. The SMILES string of the molecule is Cc1ncccc1-c1nc(C(F)(F)F)cn1-c1ccccc1.NS(N)(=O)=O. The van der Waals surface area contributed by atoms with E-state index in [1.54, 1.807) is 55.6 Å². The zero-order chi connectivity index (χ0) is 20.2. The Kier molecular flexibility index (Phi) is 5.98. The van der Waals surface area contributed by atoms with E-state index in [0.29, 0.717) is 16.9 Å². The van der Waals surface area contributed by atoms with Crippen molar-refractivity contribution in [3.8, 4) is 17.1 Å². The van der Waals surface area contributed by atoms with Crippen LogP contribution in [0.1, 0.15) is 11.4 Å². The molecule has 0 fully saturated rings. The molecule has 1 aromatic carbocycles. The molecule has 0 aliphatic carbocycles. The van der Waals surface area contributed by atoms with E-state index >= 15 is 0 Å². The molecule has 0 aliphatic heterocycles. The van der Waals surface area contributed by atoms with Crippen LogP contribution in [0.25, 0.3) is 17.1 Å². The molecule has 27 heavy (non-hydrogen) atoms. The van der Waals surface area contributed by atoms with Crippen LogP contribution in [0.5, 0.6) is 0 Å². The molecule has 0 aliphatic rings. The molecule has 3 aromatic rings. The summed E-state index contributed by atoms with van der Waals surface area (Å²) >= 11 is 0. The number of alkyl halides is 3. The van der Waals surface area contributed by atoms with Gasteiger partial charge in [-0.05, 0) is 31.2 Å². The summed E-state index contributed by atoms with van der Waals surface area (Å²) in [5.41, 5.74) is 0.888. The quantitative estimate of drug-likeness (QED) is 0.688. The van der Waals surface area contributed by atoms with Gasteiger partial charge in [-0.1, -0.05) is 18.2 Å². The van der Waals surface area contributed by atoms with E-state index in [4.69, 9.17) is 0 Å². The number of nitrogens with two attached hydrogens (primary N) is 2. The van der Waals surface area contributed by atoms with Crippen LogP contribution in [-0.2, 0) is 16.4 Å². The standard InChI is InChI=1S/C16H12F3N3.H4N2O2S/c1-11-13(8-5-9-20-11)15-21-14(16(17,18)19)10-22(15)12-6-3-2-4-7-12;1-5(2,3)4/h2-10H,1H3;(H4,1,2,3,4). The molecule has 144 valence electrons. The normalized spacial score (nSPS) is 11.6.